The van der Waals surface area contributed by atoms with Crippen LogP contribution in [0.1, 0.15) is 31.7 Å². The molecule has 1 atom stereocenters. The number of aryl methyl sites for hydroxylation is 1. The Morgan fingerprint density at radius 1 is 1.47 bits per heavy atom. The van der Waals surface area contributed by atoms with Crippen molar-refractivity contribution in [2.75, 3.05) is 6.54 Å². The molecule has 0 spiro atoms. The van der Waals surface area contributed by atoms with Crippen molar-refractivity contribution in [3.05, 3.63) is 29.6 Å². The Labute approximate surface area is 92.1 Å². The Morgan fingerprint density at radius 2 is 2.20 bits per heavy atom. The molecule has 1 aromatic heterocycles. The van der Waals surface area contributed by atoms with Gasteiger partial charge in [0.1, 0.15) is 0 Å². The summed E-state index contributed by atoms with van der Waals surface area (Å²) in [5.41, 5.74) is 2.82. The maximum Gasteiger partial charge on any atom is 0.0544 e. The monoisotopic (exact) mass is 204 g/mol. The van der Waals surface area contributed by atoms with Crippen LogP contribution in [0.3, 0.4) is 0 Å². The van der Waals surface area contributed by atoms with Gasteiger partial charge in [-0.25, -0.2) is 0 Å². The number of pyridine rings is 1. The summed E-state index contributed by atoms with van der Waals surface area (Å²) in [6, 6.07) is 6.19. The second-order valence-electron chi connectivity index (χ2n) is 5.29. The number of hydrogen-bond acceptors (Lipinski definition) is 2. The van der Waals surface area contributed by atoms with Gasteiger partial charge < -0.3 is 5.32 Å². The molecule has 2 rings (SSSR count). The first-order valence-electron chi connectivity index (χ1n) is 5.71. The van der Waals surface area contributed by atoms with Gasteiger partial charge in [0.2, 0.25) is 0 Å². The molecule has 1 N–H and O–H groups in total. The fraction of sp³-hybridized carbons (Fsp3) is 0.615. The summed E-state index contributed by atoms with van der Waals surface area (Å²) in [4.78, 5) is 4.46. The summed E-state index contributed by atoms with van der Waals surface area (Å²) in [5, 5.41) is 3.48. The van der Waals surface area contributed by atoms with Gasteiger partial charge >= 0.3 is 0 Å². The van der Waals surface area contributed by atoms with Crippen LogP contribution in [0.25, 0.3) is 0 Å². The van der Waals surface area contributed by atoms with E-state index in [1.807, 2.05) is 13.0 Å². The molecule has 0 radical (unpaired) electrons. The van der Waals surface area contributed by atoms with Gasteiger partial charge in [-0.3, -0.25) is 4.98 Å². The van der Waals surface area contributed by atoms with Gasteiger partial charge in [-0.2, -0.15) is 0 Å². The number of nitrogens with one attached hydrogen (secondary N) is 1. The van der Waals surface area contributed by atoms with Crippen molar-refractivity contribution in [3.8, 4) is 0 Å². The summed E-state index contributed by atoms with van der Waals surface area (Å²) in [5.74, 6) is 0.863. The Kier molecular flexibility index (Phi) is 2.79. The average Bonchev–Trinajstić information content (AvgIpc) is 2.74. The van der Waals surface area contributed by atoms with Crippen LogP contribution >= 0.6 is 0 Å². The molecule has 2 heteroatoms. The molecule has 82 valence electrons. The van der Waals surface area contributed by atoms with Crippen molar-refractivity contribution < 1.29 is 0 Å². The molecule has 2 nitrogen and oxygen atoms in total. The molecule has 1 aliphatic rings. The third-order valence-corrected chi connectivity index (χ3v) is 3.36. The zero-order valence-corrected chi connectivity index (χ0v) is 9.88. The summed E-state index contributed by atoms with van der Waals surface area (Å²) in [6.45, 7) is 8.74. The zero-order valence-electron chi connectivity index (χ0n) is 9.88. The van der Waals surface area contributed by atoms with Crippen molar-refractivity contribution in [1.82, 2.24) is 10.3 Å². The topological polar surface area (TPSA) is 24.9 Å². The van der Waals surface area contributed by atoms with Crippen LogP contribution in [0.2, 0.25) is 0 Å². The van der Waals surface area contributed by atoms with Gasteiger partial charge in [-0.05, 0) is 43.4 Å². The number of aromatic nitrogens is 1. The Morgan fingerprint density at radius 3 is 2.80 bits per heavy atom. The van der Waals surface area contributed by atoms with E-state index in [1.54, 1.807) is 0 Å². The van der Waals surface area contributed by atoms with Crippen molar-refractivity contribution in [3.63, 3.8) is 0 Å². The largest absolute Gasteiger partial charge is 0.311 e. The van der Waals surface area contributed by atoms with E-state index in [-0.39, 0.29) is 0 Å². The van der Waals surface area contributed by atoms with E-state index in [0.29, 0.717) is 5.41 Å². The zero-order chi connectivity index (χ0) is 10.9. The van der Waals surface area contributed by atoms with Crippen LogP contribution < -0.4 is 5.32 Å². The van der Waals surface area contributed by atoms with Gasteiger partial charge in [-0.1, -0.05) is 19.9 Å². The Hall–Kier alpha value is -0.890. The van der Waals surface area contributed by atoms with Crippen molar-refractivity contribution in [2.24, 2.45) is 11.3 Å². The highest BCUT2D eigenvalue weighted by Gasteiger charge is 2.44. The van der Waals surface area contributed by atoms with E-state index in [9.17, 15) is 0 Å². The summed E-state index contributed by atoms with van der Waals surface area (Å²) in [6.07, 6.45) is 1.36. The standard InChI is InChI=1S/C13H20N2/c1-10-5-4-6-12(15-10)9-14-8-11-7-13(11,2)3/h4-6,11,14H,7-9H2,1-3H3. The predicted octanol–water partition coefficient (Wildman–Crippen LogP) is 2.53. The first kappa shape index (κ1) is 10.6. The molecule has 0 amide bonds. The third kappa shape index (κ3) is 2.78. The third-order valence-electron chi connectivity index (χ3n) is 3.36. The maximum atomic E-state index is 4.46. The van der Waals surface area contributed by atoms with Gasteiger partial charge in [0, 0.05) is 12.2 Å². The molecule has 0 aromatic carbocycles. The first-order valence-corrected chi connectivity index (χ1v) is 5.71. The first-order chi connectivity index (χ1) is 7.08. The second-order valence-corrected chi connectivity index (χ2v) is 5.29. The molecule has 1 aromatic rings. The Bertz CT molecular complexity index is 344. The summed E-state index contributed by atoms with van der Waals surface area (Å²) < 4.78 is 0. The maximum absolute atomic E-state index is 4.46. The van der Waals surface area contributed by atoms with E-state index in [1.165, 1.54) is 6.42 Å². The fourth-order valence-corrected chi connectivity index (χ4v) is 2.00. The molecule has 1 heterocycles. The van der Waals surface area contributed by atoms with Crippen LogP contribution in [0.15, 0.2) is 18.2 Å². The summed E-state index contributed by atoms with van der Waals surface area (Å²) in [7, 11) is 0. The normalized spacial score (nSPS) is 22.7. The van der Waals surface area contributed by atoms with Gasteiger partial charge in [0.15, 0.2) is 0 Å². The van der Waals surface area contributed by atoms with Crippen LogP contribution in [-0.4, -0.2) is 11.5 Å². The highest BCUT2D eigenvalue weighted by molar-refractivity contribution is 5.09. The highest BCUT2D eigenvalue weighted by atomic mass is 14.9. The molecule has 1 saturated carbocycles. The molecule has 0 saturated heterocycles. The van der Waals surface area contributed by atoms with Crippen molar-refractivity contribution in [1.29, 1.82) is 0 Å². The molecule has 1 aliphatic carbocycles. The number of rotatable bonds is 4. The molecular weight excluding hydrogens is 184 g/mol. The van der Waals surface area contributed by atoms with Crippen LogP contribution in [0.4, 0.5) is 0 Å². The molecule has 0 aliphatic heterocycles. The summed E-state index contributed by atoms with van der Waals surface area (Å²) >= 11 is 0. The van der Waals surface area contributed by atoms with E-state index >= 15 is 0 Å². The molecule has 1 fully saturated rings. The molecule has 0 bridgehead atoms. The van der Waals surface area contributed by atoms with Crippen LogP contribution in [0.5, 0.6) is 0 Å². The number of hydrogen-bond donors (Lipinski definition) is 1. The van der Waals surface area contributed by atoms with Crippen molar-refractivity contribution in [2.45, 2.75) is 33.7 Å². The fourth-order valence-electron chi connectivity index (χ4n) is 2.00. The van der Waals surface area contributed by atoms with E-state index in [4.69, 9.17) is 0 Å². The minimum atomic E-state index is 0.576. The van der Waals surface area contributed by atoms with E-state index < -0.39 is 0 Å². The smallest absolute Gasteiger partial charge is 0.0544 e. The lowest BCUT2D eigenvalue weighted by Crippen LogP contribution is -2.18. The average molecular weight is 204 g/mol. The Balaban J connectivity index is 1.75. The number of nitrogens with zero attached hydrogens (tertiary/aromatic N) is 1. The van der Waals surface area contributed by atoms with Crippen molar-refractivity contribution >= 4 is 0 Å². The van der Waals surface area contributed by atoms with Gasteiger partial charge in [0.25, 0.3) is 0 Å². The van der Waals surface area contributed by atoms with Gasteiger partial charge in [0.05, 0.1) is 5.69 Å². The van der Waals surface area contributed by atoms with Crippen LogP contribution in [-0.2, 0) is 6.54 Å². The second kappa shape index (κ2) is 3.93. The minimum absolute atomic E-state index is 0.576. The molecular formula is C13H20N2. The van der Waals surface area contributed by atoms with E-state index in [0.717, 1.165) is 30.4 Å². The quantitative estimate of drug-likeness (QED) is 0.815. The van der Waals surface area contributed by atoms with E-state index in [2.05, 4.69) is 36.3 Å². The highest BCUT2D eigenvalue weighted by Crippen LogP contribution is 2.50. The van der Waals surface area contributed by atoms with Crippen LogP contribution in [0, 0.1) is 18.3 Å². The lowest BCUT2D eigenvalue weighted by atomic mass is 10.1. The lowest BCUT2D eigenvalue weighted by molar-refractivity contribution is 0.517. The molecule has 15 heavy (non-hydrogen) atoms. The van der Waals surface area contributed by atoms with Gasteiger partial charge in [-0.15, -0.1) is 0 Å². The predicted molar refractivity (Wildman–Crippen MR) is 62.6 cm³/mol. The SMILES string of the molecule is Cc1cccc(CNCC2CC2(C)C)n1. The minimum Gasteiger partial charge on any atom is -0.311 e. The molecule has 1 unspecified atom stereocenters. The lowest BCUT2D eigenvalue weighted by Gasteiger charge is -2.06.